The Morgan fingerprint density at radius 2 is 1.23 bits per heavy atom. The molecular weight excluding hydrogens is 643 g/mol. The lowest BCUT2D eigenvalue weighted by atomic mass is 9.63. The Morgan fingerprint density at radius 3 is 1.98 bits per heavy atom. The Morgan fingerprint density at radius 1 is 0.547 bits per heavy atom. The van der Waals surface area contributed by atoms with Gasteiger partial charge in [-0.05, 0) is 107 Å². The SMILES string of the molecule is Cc1cccc(N(c2ccc(-c3ccc4c(c3)C3(C)C=CC=CC3O4)cc2)c2ccc3c(c2)C(c2ccccc2)(c2ccccc2)C2C=CC=CC32)c1. The first kappa shape index (κ1) is 31.6. The number of aryl methyl sites for hydroxylation is 1. The van der Waals surface area contributed by atoms with Crippen LogP contribution in [0.5, 0.6) is 5.75 Å². The van der Waals surface area contributed by atoms with E-state index in [4.69, 9.17) is 4.74 Å². The Hall–Kier alpha value is -6.12. The molecule has 256 valence electrons. The van der Waals surface area contributed by atoms with Crippen molar-refractivity contribution < 1.29 is 4.74 Å². The molecule has 4 unspecified atom stereocenters. The van der Waals surface area contributed by atoms with E-state index in [1.165, 1.54) is 44.5 Å². The predicted molar refractivity (Wildman–Crippen MR) is 219 cm³/mol. The molecule has 10 rings (SSSR count). The van der Waals surface area contributed by atoms with Crippen molar-refractivity contribution in [3.8, 4) is 16.9 Å². The highest BCUT2D eigenvalue weighted by atomic mass is 16.5. The van der Waals surface area contributed by atoms with Crippen LogP contribution >= 0.6 is 0 Å². The third-order valence-electron chi connectivity index (χ3n) is 12.1. The fourth-order valence-electron chi connectivity index (χ4n) is 9.58. The van der Waals surface area contributed by atoms with E-state index in [-0.39, 0.29) is 28.8 Å². The molecular formula is C51H41NO. The Labute approximate surface area is 312 Å². The predicted octanol–water partition coefficient (Wildman–Crippen LogP) is 12.5. The first-order chi connectivity index (χ1) is 26.0. The number of anilines is 3. The second-order valence-corrected chi connectivity index (χ2v) is 15.1. The second kappa shape index (κ2) is 12.2. The van der Waals surface area contributed by atoms with Gasteiger partial charge < -0.3 is 9.64 Å². The largest absolute Gasteiger partial charge is 0.485 e. The van der Waals surface area contributed by atoms with Crippen LogP contribution in [0.25, 0.3) is 11.1 Å². The lowest BCUT2D eigenvalue weighted by molar-refractivity contribution is 0.228. The van der Waals surface area contributed by atoms with Gasteiger partial charge in [-0.25, -0.2) is 0 Å². The van der Waals surface area contributed by atoms with E-state index < -0.39 is 0 Å². The number of ether oxygens (including phenoxy) is 1. The zero-order valence-electron chi connectivity index (χ0n) is 30.1. The summed E-state index contributed by atoms with van der Waals surface area (Å²) in [5.74, 6) is 1.51. The maximum Gasteiger partial charge on any atom is 0.130 e. The van der Waals surface area contributed by atoms with Crippen molar-refractivity contribution in [2.24, 2.45) is 5.92 Å². The number of rotatable bonds is 6. The molecule has 1 aliphatic heterocycles. The molecule has 6 aromatic rings. The monoisotopic (exact) mass is 683 g/mol. The van der Waals surface area contributed by atoms with E-state index in [0.29, 0.717) is 0 Å². The van der Waals surface area contributed by atoms with E-state index in [0.717, 1.165) is 22.8 Å². The fraction of sp³-hybridized carbons (Fsp3) is 0.137. The lowest BCUT2D eigenvalue weighted by Gasteiger charge is -2.39. The smallest absolute Gasteiger partial charge is 0.130 e. The van der Waals surface area contributed by atoms with Crippen LogP contribution in [0.3, 0.4) is 0 Å². The van der Waals surface area contributed by atoms with E-state index in [9.17, 15) is 0 Å². The zero-order chi connectivity index (χ0) is 35.6. The zero-order valence-corrected chi connectivity index (χ0v) is 30.1. The molecule has 0 fully saturated rings. The summed E-state index contributed by atoms with van der Waals surface area (Å²) in [7, 11) is 0. The second-order valence-electron chi connectivity index (χ2n) is 15.1. The molecule has 53 heavy (non-hydrogen) atoms. The van der Waals surface area contributed by atoms with Crippen LogP contribution in [0.4, 0.5) is 17.1 Å². The van der Waals surface area contributed by atoms with E-state index in [1.807, 2.05) is 0 Å². The number of fused-ring (bicyclic) bond motifs is 6. The van der Waals surface area contributed by atoms with E-state index in [2.05, 4.69) is 213 Å². The quantitative estimate of drug-likeness (QED) is 0.173. The molecule has 0 saturated carbocycles. The molecule has 0 saturated heterocycles. The topological polar surface area (TPSA) is 12.5 Å². The van der Waals surface area contributed by atoms with Crippen LogP contribution in [0.2, 0.25) is 0 Å². The highest BCUT2D eigenvalue weighted by molar-refractivity contribution is 5.81. The molecule has 4 atom stereocenters. The molecule has 4 aliphatic rings. The first-order valence-corrected chi connectivity index (χ1v) is 18.8. The van der Waals surface area contributed by atoms with Crippen LogP contribution in [-0.4, -0.2) is 6.10 Å². The van der Waals surface area contributed by atoms with Crippen LogP contribution in [0, 0.1) is 12.8 Å². The minimum Gasteiger partial charge on any atom is -0.485 e. The third kappa shape index (κ3) is 4.86. The first-order valence-electron chi connectivity index (χ1n) is 18.8. The molecule has 0 aromatic heterocycles. The van der Waals surface area contributed by atoms with Gasteiger partial charge in [0.05, 0.1) is 10.8 Å². The molecule has 0 bridgehead atoms. The van der Waals surface area contributed by atoms with Crippen molar-refractivity contribution in [3.63, 3.8) is 0 Å². The minimum atomic E-state index is -0.349. The highest BCUT2D eigenvalue weighted by Gasteiger charge is 2.53. The summed E-state index contributed by atoms with van der Waals surface area (Å²) in [4.78, 5) is 2.42. The molecule has 2 nitrogen and oxygen atoms in total. The van der Waals surface area contributed by atoms with Crippen LogP contribution < -0.4 is 9.64 Å². The van der Waals surface area contributed by atoms with Gasteiger partial charge in [0.15, 0.2) is 0 Å². The van der Waals surface area contributed by atoms with Gasteiger partial charge in [0.2, 0.25) is 0 Å². The van der Waals surface area contributed by atoms with E-state index in [1.54, 1.807) is 0 Å². The molecule has 0 amide bonds. The van der Waals surface area contributed by atoms with Gasteiger partial charge in [-0.15, -0.1) is 0 Å². The van der Waals surface area contributed by atoms with Crippen molar-refractivity contribution in [1.29, 1.82) is 0 Å². The van der Waals surface area contributed by atoms with Gasteiger partial charge in [-0.1, -0.05) is 140 Å². The Kier molecular flexibility index (Phi) is 7.30. The van der Waals surface area contributed by atoms with Gasteiger partial charge in [-0.3, -0.25) is 0 Å². The number of hydrogen-bond donors (Lipinski definition) is 0. The van der Waals surface area contributed by atoms with E-state index >= 15 is 0 Å². The van der Waals surface area contributed by atoms with Crippen LogP contribution in [0.15, 0.2) is 194 Å². The van der Waals surface area contributed by atoms with Crippen LogP contribution in [0.1, 0.15) is 46.2 Å². The summed E-state index contributed by atoms with van der Waals surface area (Å²) in [5, 5.41) is 0. The van der Waals surface area contributed by atoms with Gasteiger partial charge in [0.25, 0.3) is 0 Å². The fourth-order valence-corrected chi connectivity index (χ4v) is 9.58. The molecule has 3 aliphatic carbocycles. The normalized spacial score (nSPS) is 22.4. The Balaban J connectivity index is 1.12. The number of benzene rings is 6. The highest BCUT2D eigenvalue weighted by Crippen LogP contribution is 2.60. The molecule has 2 heteroatoms. The standard InChI is InChI=1S/C51H41NO/c1-35-14-13-19-41(32-35)52(40-26-23-36(24-27-40)37-25-30-48-47(33-37)50(2)31-12-11-22-49(50)53-48)42-28-29-44-43-20-9-10-21-45(43)51(46(44)34-42,38-15-5-3-6-16-38)39-17-7-4-8-18-39/h3-34,43,45,49H,1-2H3. The van der Waals surface area contributed by atoms with Crippen LogP contribution in [-0.2, 0) is 10.8 Å². The number of allylic oxidation sites excluding steroid dienone is 6. The third-order valence-corrected chi connectivity index (χ3v) is 12.1. The average Bonchev–Trinajstić information content (AvgIpc) is 3.68. The van der Waals surface area contributed by atoms with Crippen molar-refractivity contribution in [1.82, 2.24) is 0 Å². The molecule has 0 radical (unpaired) electrons. The summed E-state index contributed by atoms with van der Waals surface area (Å²) in [6.45, 7) is 4.45. The molecule has 1 heterocycles. The molecule has 0 spiro atoms. The van der Waals surface area contributed by atoms with Crippen molar-refractivity contribution in [2.45, 2.75) is 36.7 Å². The van der Waals surface area contributed by atoms with Crippen molar-refractivity contribution in [3.05, 3.63) is 228 Å². The summed E-state index contributed by atoms with van der Waals surface area (Å²) in [6, 6.07) is 54.1. The maximum absolute atomic E-state index is 6.34. The minimum absolute atomic E-state index is 0.0360. The number of nitrogens with zero attached hydrogens (tertiary/aromatic N) is 1. The van der Waals surface area contributed by atoms with Gasteiger partial charge in [-0.2, -0.15) is 0 Å². The summed E-state index contributed by atoms with van der Waals surface area (Å²) in [6.07, 6.45) is 18.0. The average molecular weight is 684 g/mol. The van der Waals surface area contributed by atoms with Gasteiger partial charge in [0, 0.05) is 34.5 Å². The summed E-state index contributed by atoms with van der Waals surface area (Å²) < 4.78 is 6.34. The van der Waals surface area contributed by atoms with Gasteiger partial charge >= 0.3 is 0 Å². The summed E-state index contributed by atoms with van der Waals surface area (Å²) >= 11 is 0. The van der Waals surface area contributed by atoms with Gasteiger partial charge in [0.1, 0.15) is 11.9 Å². The number of hydrogen-bond acceptors (Lipinski definition) is 2. The van der Waals surface area contributed by atoms with Crippen molar-refractivity contribution in [2.75, 3.05) is 4.90 Å². The summed E-state index contributed by atoms with van der Waals surface area (Å²) in [5.41, 5.74) is 13.2. The molecule has 0 N–H and O–H groups in total. The lowest BCUT2D eigenvalue weighted by Crippen LogP contribution is -2.35. The Bertz CT molecular complexity index is 2430. The maximum atomic E-state index is 6.34. The molecule has 6 aromatic carbocycles. The van der Waals surface area contributed by atoms with Crippen molar-refractivity contribution >= 4 is 17.1 Å².